The van der Waals surface area contributed by atoms with Crippen molar-refractivity contribution in [3.63, 3.8) is 0 Å². The SMILES string of the molecule is CCOC(=O)c1sc(NC(=O)COc2ccc(Cl)cc2C(N)=O)c(C(=O)OCC)c1C. The average molecular weight is 469 g/mol. The van der Waals surface area contributed by atoms with Crippen LogP contribution in [-0.4, -0.2) is 43.6 Å². The van der Waals surface area contributed by atoms with E-state index < -0.39 is 30.4 Å². The maximum atomic E-state index is 12.4. The first-order valence-corrected chi connectivity index (χ1v) is 10.4. The number of nitrogens with one attached hydrogen (secondary N) is 1. The molecule has 0 fully saturated rings. The lowest BCUT2D eigenvalue weighted by atomic mass is 10.1. The van der Waals surface area contributed by atoms with Crippen LogP contribution in [-0.2, 0) is 14.3 Å². The molecule has 9 nitrogen and oxygen atoms in total. The predicted octanol–water partition coefficient (Wildman–Crippen LogP) is 3.18. The molecule has 1 aromatic heterocycles. The van der Waals surface area contributed by atoms with Crippen molar-refractivity contribution in [3.8, 4) is 5.75 Å². The summed E-state index contributed by atoms with van der Waals surface area (Å²) in [5.41, 5.74) is 5.72. The molecule has 0 aliphatic rings. The molecule has 0 atom stereocenters. The highest BCUT2D eigenvalue weighted by Gasteiger charge is 2.27. The normalized spacial score (nSPS) is 10.3. The number of anilines is 1. The second-order valence-electron chi connectivity index (χ2n) is 6.04. The Labute approximate surface area is 187 Å². The van der Waals surface area contributed by atoms with Gasteiger partial charge in [0.15, 0.2) is 6.61 Å². The lowest BCUT2D eigenvalue weighted by Crippen LogP contribution is -2.22. The van der Waals surface area contributed by atoms with Gasteiger partial charge in [-0.05, 0) is 44.5 Å². The molecule has 166 valence electrons. The molecule has 0 saturated heterocycles. The number of halogens is 1. The number of hydrogen-bond acceptors (Lipinski definition) is 8. The van der Waals surface area contributed by atoms with Crippen LogP contribution in [0.4, 0.5) is 5.00 Å². The fourth-order valence-electron chi connectivity index (χ4n) is 2.57. The van der Waals surface area contributed by atoms with Crippen molar-refractivity contribution < 1.29 is 33.4 Å². The first kappa shape index (κ1) is 24.2. The van der Waals surface area contributed by atoms with Crippen molar-refractivity contribution in [1.82, 2.24) is 0 Å². The van der Waals surface area contributed by atoms with Crippen LogP contribution in [0, 0.1) is 6.92 Å². The largest absolute Gasteiger partial charge is 0.483 e. The third-order valence-corrected chi connectivity index (χ3v) is 5.33. The van der Waals surface area contributed by atoms with Crippen LogP contribution < -0.4 is 15.8 Å². The van der Waals surface area contributed by atoms with E-state index in [4.69, 9.17) is 31.5 Å². The molecule has 0 aliphatic carbocycles. The summed E-state index contributed by atoms with van der Waals surface area (Å²) in [6, 6.07) is 4.21. The van der Waals surface area contributed by atoms with Gasteiger partial charge in [0.25, 0.3) is 11.8 Å². The predicted molar refractivity (Wildman–Crippen MR) is 115 cm³/mol. The number of esters is 2. The third kappa shape index (κ3) is 5.96. The van der Waals surface area contributed by atoms with Gasteiger partial charge < -0.3 is 25.3 Å². The zero-order valence-corrected chi connectivity index (χ0v) is 18.6. The molecule has 0 aliphatic heterocycles. The Kier molecular flexibility index (Phi) is 8.40. The zero-order chi connectivity index (χ0) is 23.1. The number of ether oxygens (including phenoxy) is 3. The smallest absolute Gasteiger partial charge is 0.348 e. The number of thiophene rings is 1. The fraction of sp³-hybridized carbons (Fsp3) is 0.300. The second kappa shape index (κ2) is 10.8. The number of rotatable bonds is 9. The quantitative estimate of drug-likeness (QED) is 0.539. The summed E-state index contributed by atoms with van der Waals surface area (Å²) in [6.07, 6.45) is 0. The van der Waals surface area contributed by atoms with E-state index in [1.54, 1.807) is 20.8 Å². The Morgan fingerprint density at radius 3 is 2.35 bits per heavy atom. The van der Waals surface area contributed by atoms with Gasteiger partial charge in [-0.1, -0.05) is 11.6 Å². The van der Waals surface area contributed by atoms with Crippen molar-refractivity contribution >= 4 is 51.7 Å². The molecule has 0 unspecified atom stereocenters. The van der Waals surface area contributed by atoms with E-state index in [-0.39, 0.29) is 45.0 Å². The van der Waals surface area contributed by atoms with E-state index in [1.165, 1.54) is 18.2 Å². The molecule has 0 saturated carbocycles. The topological polar surface area (TPSA) is 134 Å². The summed E-state index contributed by atoms with van der Waals surface area (Å²) in [5, 5.41) is 2.95. The van der Waals surface area contributed by atoms with E-state index in [9.17, 15) is 19.2 Å². The highest BCUT2D eigenvalue weighted by atomic mass is 35.5. The van der Waals surface area contributed by atoms with Gasteiger partial charge in [0.05, 0.1) is 24.3 Å². The highest BCUT2D eigenvalue weighted by Crippen LogP contribution is 2.34. The molecule has 1 aromatic carbocycles. The molecule has 0 spiro atoms. The van der Waals surface area contributed by atoms with Crippen molar-refractivity contribution in [2.75, 3.05) is 25.1 Å². The maximum absolute atomic E-state index is 12.4. The van der Waals surface area contributed by atoms with Crippen LogP contribution in [0.5, 0.6) is 5.75 Å². The van der Waals surface area contributed by atoms with Gasteiger partial charge in [-0.2, -0.15) is 0 Å². The molecule has 11 heteroatoms. The van der Waals surface area contributed by atoms with Gasteiger partial charge in [-0.25, -0.2) is 9.59 Å². The van der Waals surface area contributed by atoms with Gasteiger partial charge in [0.2, 0.25) is 0 Å². The summed E-state index contributed by atoms with van der Waals surface area (Å²) < 4.78 is 15.4. The lowest BCUT2D eigenvalue weighted by Gasteiger charge is -2.10. The number of carbonyl (C=O) groups excluding carboxylic acids is 4. The Balaban J connectivity index is 2.24. The molecule has 0 radical (unpaired) electrons. The lowest BCUT2D eigenvalue weighted by molar-refractivity contribution is -0.118. The summed E-state index contributed by atoms with van der Waals surface area (Å²) in [6.45, 7) is 4.64. The minimum Gasteiger partial charge on any atom is -0.483 e. The van der Waals surface area contributed by atoms with Gasteiger partial charge in [-0.3, -0.25) is 9.59 Å². The molecule has 2 amide bonds. The highest BCUT2D eigenvalue weighted by molar-refractivity contribution is 7.18. The Bertz CT molecular complexity index is 1020. The molecule has 0 bridgehead atoms. The number of hydrogen-bond donors (Lipinski definition) is 2. The summed E-state index contributed by atoms with van der Waals surface area (Å²) in [7, 11) is 0. The van der Waals surface area contributed by atoms with Crippen LogP contribution in [0.1, 0.15) is 49.8 Å². The third-order valence-electron chi connectivity index (χ3n) is 3.91. The second-order valence-corrected chi connectivity index (χ2v) is 7.50. The van der Waals surface area contributed by atoms with E-state index in [0.29, 0.717) is 5.56 Å². The van der Waals surface area contributed by atoms with Crippen LogP contribution in [0.25, 0.3) is 0 Å². The van der Waals surface area contributed by atoms with Gasteiger partial charge in [-0.15, -0.1) is 11.3 Å². The number of primary amides is 1. The molecule has 31 heavy (non-hydrogen) atoms. The van der Waals surface area contributed by atoms with Crippen molar-refractivity contribution in [2.24, 2.45) is 5.73 Å². The Morgan fingerprint density at radius 1 is 1.10 bits per heavy atom. The maximum Gasteiger partial charge on any atom is 0.348 e. The number of carbonyl (C=O) groups is 4. The molecule has 1 heterocycles. The van der Waals surface area contributed by atoms with Crippen LogP contribution >= 0.6 is 22.9 Å². The Hall–Kier alpha value is -3.11. The van der Waals surface area contributed by atoms with Gasteiger partial charge >= 0.3 is 11.9 Å². The minimum absolute atomic E-state index is 0.0177. The summed E-state index contributed by atoms with van der Waals surface area (Å²) in [4.78, 5) is 48.7. The molecular formula is C20H21ClN2O7S. The average Bonchev–Trinajstić information content (AvgIpc) is 3.03. The van der Waals surface area contributed by atoms with E-state index in [0.717, 1.165) is 11.3 Å². The fourth-order valence-corrected chi connectivity index (χ4v) is 3.85. The van der Waals surface area contributed by atoms with E-state index in [1.807, 2.05) is 0 Å². The first-order valence-electron chi connectivity index (χ1n) is 9.19. The van der Waals surface area contributed by atoms with E-state index >= 15 is 0 Å². The number of benzene rings is 1. The first-order chi connectivity index (χ1) is 14.7. The molecular weight excluding hydrogens is 448 g/mol. The molecule has 2 aromatic rings. The van der Waals surface area contributed by atoms with Gasteiger partial charge in [0, 0.05) is 5.02 Å². The number of amides is 2. The van der Waals surface area contributed by atoms with E-state index in [2.05, 4.69) is 5.32 Å². The number of nitrogens with two attached hydrogens (primary N) is 1. The van der Waals surface area contributed by atoms with Crippen LogP contribution in [0.3, 0.4) is 0 Å². The van der Waals surface area contributed by atoms with Crippen molar-refractivity contribution in [1.29, 1.82) is 0 Å². The van der Waals surface area contributed by atoms with Crippen molar-refractivity contribution in [3.05, 3.63) is 44.8 Å². The molecule has 3 N–H and O–H groups in total. The van der Waals surface area contributed by atoms with Crippen LogP contribution in [0.2, 0.25) is 5.02 Å². The Morgan fingerprint density at radius 2 is 1.74 bits per heavy atom. The van der Waals surface area contributed by atoms with Crippen molar-refractivity contribution in [2.45, 2.75) is 20.8 Å². The zero-order valence-electron chi connectivity index (χ0n) is 17.1. The summed E-state index contributed by atoms with van der Waals surface area (Å²) in [5.74, 6) is -2.62. The van der Waals surface area contributed by atoms with Crippen LogP contribution in [0.15, 0.2) is 18.2 Å². The minimum atomic E-state index is -0.768. The molecule has 2 rings (SSSR count). The standard InChI is InChI=1S/C20H21ClN2O7S/c1-4-28-19(26)15-10(3)16(20(27)29-5-2)31-18(15)23-14(24)9-30-13-7-6-11(21)8-12(13)17(22)25/h6-8H,4-5,9H2,1-3H3,(H2,22,25)(H,23,24). The monoisotopic (exact) mass is 468 g/mol. The summed E-state index contributed by atoms with van der Waals surface area (Å²) >= 11 is 6.74. The van der Waals surface area contributed by atoms with Gasteiger partial charge in [0.1, 0.15) is 15.6 Å².